The van der Waals surface area contributed by atoms with Crippen LogP contribution in [0.25, 0.3) is 0 Å². The van der Waals surface area contributed by atoms with Crippen molar-refractivity contribution >= 4 is 5.97 Å². The van der Waals surface area contributed by atoms with Crippen molar-refractivity contribution in [2.24, 2.45) is 0 Å². The zero-order valence-corrected chi connectivity index (χ0v) is 12.0. The molecule has 104 valence electrons. The monoisotopic (exact) mass is 260 g/mol. The molecule has 2 nitrogen and oxygen atoms in total. The number of hydrogen-bond acceptors (Lipinski definition) is 2. The highest BCUT2D eigenvalue weighted by Crippen LogP contribution is 2.12. The van der Waals surface area contributed by atoms with E-state index in [1.54, 1.807) is 0 Å². The van der Waals surface area contributed by atoms with Gasteiger partial charge < -0.3 is 4.74 Å². The molecule has 0 aliphatic rings. The molecule has 0 N–H and O–H groups in total. The molecular formula is C17H24O2. The fraction of sp³-hybridized carbons (Fsp3) is 0.471. The van der Waals surface area contributed by atoms with E-state index in [4.69, 9.17) is 4.74 Å². The molecule has 1 aromatic carbocycles. The first-order valence-corrected chi connectivity index (χ1v) is 7.10. The van der Waals surface area contributed by atoms with Gasteiger partial charge in [-0.05, 0) is 30.9 Å². The van der Waals surface area contributed by atoms with Crippen LogP contribution in [0.15, 0.2) is 36.4 Å². The Morgan fingerprint density at radius 2 is 1.95 bits per heavy atom. The Morgan fingerprint density at radius 3 is 2.68 bits per heavy atom. The van der Waals surface area contributed by atoms with Crippen LogP contribution >= 0.6 is 0 Å². The molecule has 0 aromatic heterocycles. The summed E-state index contributed by atoms with van der Waals surface area (Å²) in [5.74, 6) is -0.257. The highest BCUT2D eigenvalue weighted by molar-refractivity contribution is 5.91. The summed E-state index contributed by atoms with van der Waals surface area (Å²) in [4.78, 5) is 11.6. The molecule has 0 aliphatic carbocycles. The molecule has 2 heteroatoms. The van der Waals surface area contributed by atoms with Crippen LogP contribution in [0.3, 0.4) is 0 Å². The molecule has 0 fully saturated rings. The minimum Gasteiger partial charge on any atom is -0.465 e. The highest BCUT2D eigenvalue weighted by Gasteiger charge is 2.08. The molecule has 0 amide bonds. The van der Waals surface area contributed by atoms with Gasteiger partial charge in [-0.1, -0.05) is 56.5 Å². The van der Waals surface area contributed by atoms with Gasteiger partial charge in [0.05, 0.1) is 12.7 Å². The van der Waals surface area contributed by atoms with Crippen molar-refractivity contribution in [3.63, 3.8) is 0 Å². The van der Waals surface area contributed by atoms with Crippen LogP contribution in [0.5, 0.6) is 0 Å². The van der Waals surface area contributed by atoms with Gasteiger partial charge in [0.25, 0.3) is 0 Å². The predicted molar refractivity (Wildman–Crippen MR) is 79.4 cm³/mol. The fourth-order valence-electron chi connectivity index (χ4n) is 2.02. The van der Waals surface area contributed by atoms with E-state index in [-0.39, 0.29) is 5.97 Å². The van der Waals surface area contributed by atoms with Crippen molar-refractivity contribution in [1.29, 1.82) is 0 Å². The molecule has 0 aliphatic heterocycles. The fourth-order valence-corrected chi connectivity index (χ4v) is 2.02. The number of benzene rings is 1. The summed E-state index contributed by atoms with van der Waals surface area (Å²) in [5.41, 5.74) is 1.69. The first kappa shape index (κ1) is 15.5. The quantitative estimate of drug-likeness (QED) is 0.389. The third-order valence-corrected chi connectivity index (χ3v) is 3.15. The Kier molecular flexibility index (Phi) is 7.64. The molecule has 19 heavy (non-hydrogen) atoms. The number of allylic oxidation sites excluding steroid dienone is 2. The van der Waals surface area contributed by atoms with E-state index in [2.05, 4.69) is 19.1 Å². The van der Waals surface area contributed by atoms with Gasteiger partial charge in [-0.2, -0.15) is 0 Å². The van der Waals surface area contributed by atoms with Gasteiger partial charge in [-0.15, -0.1) is 0 Å². The Morgan fingerprint density at radius 1 is 1.16 bits per heavy atom. The second-order valence-corrected chi connectivity index (χ2v) is 4.67. The zero-order chi connectivity index (χ0) is 13.9. The number of methoxy groups -OCH3 is 1. The summed E-state index contributed by atoms with van der Waals surface area (Å²) >= 11 is 0. The van der Waals surface area contributed by atoms with Gasteiger partial charge >= 0.3 is 5.97 Å². The van der Waals surface area contributed by atoms with Crippen molar-refractivity contribution in [1.82, 2.24) is 0 Å². The Labute approximate surface area is 116 Å². The van der Waals surface area contributed by atoms with Gasteiger partial charge in [-0.3, -0.25) is 0 Å². The normalized spacial score (nSPS) is 10.8. The SMILES string of the molecule is CCCCCCC=CCc1ccccc1C(=O)OC. The summed E-state index contributed by atoms with van der Waals surface area (Å²) in [6, 6.07) is 7.62. The van der Waals surface area contributed by atoms with E-state index < -0.39 is 0 Å². The summed E-state index contributed by atoms with van der Waals surface area (Å²) in [5, 5.41) is 0. The van der Waals surface area contributed by atoms with Gasteiger partial charge in [0.1, 0.15) is 0 Å². The third kappa shape index (κ3) is 5.73. The summed E-state index contributed by atoms with van der Waals surface area (Å²) < 4.78 is 4.79. The van der Waals surface area contributed by atoms with Crippen LogP contribution in [0.2, 0.25) is 0 Å². The van der Waals surface area contributed by atoms with Gasteiger partial charge in [0, 0.05) is 0 Å². The van der Waals surface area contributed by atoms with Crippen LogP contribution in [0.1, 0.15) is 54.9 Å². The van der Waals surface area contributed by atoms with E-state index in [0.717, 1.165) is 18.4 Å². The number of carbonyl (C=O) groups is 1. The van der Waals surface area contributed by atoms with Crippen LogP contribution < -0.4 is 0 Å². The minimum atomic E-state index is -0.257. The highest BCUT2D eigenvalue weighted by atomic mass is 16.5. The topological polar surface area (TPSA) is 26.3 Å². The molecule has 0 bridgehead atoms. The number of unbranched alkanes of at least 4 members (excludes halogenated alkanes) is 4. The lowest BCUT2D eigenvalue weighted by Crippen LogP contribution is -2.04. The average molecular weight is 260 g/mol. The number of esters is 1. The van der Waals surface area contributed by atoms with Crippen LogP contribution in [-0.2, 0) is 11.2 Å². The number of rotatable bonds is 8. The van der Waals surface area contributed by atoms with Crippen LogP contribution in [0, 0.1) is 0 Å². The Bertz CT molecular complexity index is 407. The lowest BCUT2D eigenvalue weighted by molar-refractivity contribution is 0.0599. The first-order valence-electron chi connectivity index (χ1n) is 7.10. The molecule has 0 heterocycles. The summed E-state index contributed by atoms with van der Waals surface area (Å²) in [6.45, 7) is 2.22. The van der Waals surface area contributed by atoms with Crippen molar-refractivity contribution in [2.75, 3.05) is 7.11 Å². The summed E-state index contributed by atoms with van der Waals surface area (Å²) in [6.07, 6.45) is 11.4. The minimum absolute atomic E-state index is 0.257. The van der Waals surface area contributed by atoms with E-state index in [0.29, 0.717) is 5.56 Å². The molecule has 0 unspecified atom stereocenters. The lowest BCUT2D eigenvalue weighted by atomic mass is 10.0. The molecular weight excluding hydrogens is 236 g/mol. The second-order valence-electron chi connectivity index (χ2n) is 4.67. The summed E-state index contributed by atoms with van der Waals surface area (Å²) in [7, 11) is 1.42. The number of hydrogen-bond donors (Lipinski definition) is 0. The Hall–Kier alpha value is -1.57. The Balaban J connectivity index is 2.44. The van der Waals surface area contributed by atoms with Crippen molar-refractivity contribution < 1.29 is 9.53 Å². The van der Waals surface area contributed by atoms with E-state index in [1.807, 2.05) is 24.3 Å². The second kappa shape index (κ2) is 9.37. The molecule has 0 atom stereocenters. The maximum absolute atomic E-state index is 11.6. The van der Waals surface area contributed by atoms with Crippen molar-refractivity contribution in [3.05, 3.63) is 47.5 Å². The maximum Gasteiger partial charge on any atom is 0.338 e. The third-order valence-electron chi connectivity index (χ3n) is 3.15. The first-order chi connectivity index (χ1) is 9.29. The van der Waals surface area contributed by atoms with Crippen molar-refractivity contribution in [2.45, 2.75) is 45.4 Å². The molecule has 0 spiro atoms. The standard InChI is InChI=1S/C17H24O2/c1-3-4-5-6-7-8-9-12-15-13-10-11-14-16(15)17(18)19-2/h8-11,13-14H,3-7,12H2,1-2H3. The van der Waals surface area contributed by atoms with Gasteiger partial charge in [-0.25, -0.2) is 4.79 Å². The number of carbonyl (C=O) groups excluding carboxylic acids is 1. The van der Waals surface area contributed by atoms with Gasteiger partial charge in [0.15, 0.2) is 0 Å². The zero-order valence-electron chi connectivity index (χ0n) is 12.0. The molecule has 0 radical (unpaired) electrons. The maximum atomic E-state index is 11.6. The van der Waals surface area contributed by atoms with Gasteiger partial charge in [0.2, 0.25) is 0 Å². The van der Waals surface area contributed by atoms with Crippen LogP contribution in [-0.4, -0.2) is 13.1 Å². The molecule has 1 rings (SSSR count). The average Bonchev–Trinajstić information content (AvgIpc) is 2.46. The number of ether oxygens (including phenoxy) is 1. The van der Waals surface area contributed by atoms with Crippen LogP contribution in [0.4, 0.5) is 0 Å². The molecule has 0 saturated heterocycles. The van der Waals surface area contributed by atoms with E-state index >= 15 is 0 Å². The smallest absolute Gasteiger partial charge is 0.338 e. The molecule has 0 saturated carbocycles. The van der Waals surface area contributed by atoms with Crippen molar-refractivity contribution in [3.8, 4) is 0 Å². The molecule has 1 aromatic rings. The van der Waals surface area contributed by atoms with E-state index in [1.165, 1.54) is 32.8 Å². The largest absolute Gasteiger partial charge is 0.465 e. The van der Waals surface area contributed by atoms with E-state index in [9.17, 15) is 4.79 Å². The lowest BCUT2D eigenvalue weighted by Gasteiger charge is -2.05. The predicted octanol–water partition coefficient (Wildman–Crippen LogP) is 4.54.